The lowest BCUT2D eigenvalue weighted by Crippen LogP contribution is -2.58. The standard InChI is InChI=1S/C23H32N4O6/c1-12-10-13(7-8-14(12)24)19(29)26-18(23(2,3)4)21(31)27-9-5-6-16(27)20(30)25-15-11-17(28)33-22(15)32/h7-8,10,15-16,18,22,32H,5-6,9,11,24H2,1-4H3,(H,25,30)(H,26,29)/t15-,16-,18+,22?/m0/s1. The van der Waals surface area contributed by atoms with Gasteiger partial charge in [-0.3, -0.25) is 19.2 Å². The van der Waals surface area contributed by atoms with E-state index in [2.05, 4.69) is 15.4 Å². The molecule has 2 aliphatic rings. The van der Waals surface area contributed by atoms with Gasteiger partial charge < -0.3 is 31.1 Å². The number of nitrogens with one attached hydrogen (secondary N) is 2. The van der Waals surface area contributed by atoms with Crippen molar-refractivity contribution in [1.82, 2.24) is 15.5 Å². The van der Waals surface area contributed by atoms with Crippen LogP contribution in [0, 0.1) is 12.3 Å². The minimum absolute atomic E-state index is 0.130. The summed E-state index contributed by atoms with van der Waals surface area (Å²) in [5, 5.41) is 15.2. The van der Waals surface area contributed by atoms with Crippen molar-refractivity contribution in [3.8, 4) is 0 Å². The third kappa shape index (κ3) is 5.44. The summed E-state index contributed by atoms with van der Waals surface area (Å²) < 4.78 is 4.66. The number of aryl methyl sites for hydroxylation is 1. The second kappa shape index (κ2) is 9.38. The molecule has 0 spiro atoms. The number of benzene rings is 1. The molecule has 1 aromatic rings. The van der Waals surface area contributed by atoms with Gasteiger partial charge in [0.1, 0.15) is 18.1 Å². The summed E-state index contributed by atoms with van der Waals surface area (Å²) in [4.78, 5) is 52.1. The van der Waals surface area contributed by atoms with Crippen LogP contribution in [-0.2, 0) is 19.1 Å². The number of anilines is 1. The first-order valence-electron chi connectivity index (χ1n) is 11.0. The number of hydrogen-bond acceptors (Lipinski definition) is 7. The first-order chi connectivity index (χ1) is 15.4. The van der Waals surface area contributed by atoms with E-state index in [0.29, 0.717) is 30.6 Å². The number of amides is 3. The lowest BCUT2D eigenvalue weighted by atomic mass is 9.85. The van der Waals surface area contributed by atoms with Crippen LogP contribution < -0.4 is 16.4 Å². The number of nitrogen functional groups attached to an aromatic ring is 1. The van der Waals surface area contributed by atoms with Crippen LogP contribution in [0.2, 0.25) is 0 Å². The lowest BCUT2D eigenvalue weighted by Gasteiger charge is -2.35. The molecule has 2 saturated heterocycles. The predicted octanol–water partition coefficient (Wildman–Crippen LogP) is 0.463. The van der Waals surface area contributed by atoms with Crippen LogP contribution in [-0.4, -0.2) is 64.7 Å². The molecular formula is C23H32N4O6. The molecule has 4 atom stereocenters. The van der Waals surface area contributed by atoms with Crippen LogP contribution in [0.1, 0.15) is 56.0 Å². The number of hydrogen-bond donors (Lipinski definition) is 4. The molecule has 3 amide bonds. The van der Waals surface area contributed by atoms with E-state index in [-0.39, 0.29) is 12.3 Å². The highest BCUT2D eigenvalue weighted by Gasteiger charge is 2.43. The lowest BCUT2D eigenvalue weighted by molar-refractivity contribution is -0.155. The van der Waals surface area contributed by atoms with Crippen LogP contribution in [0.4, 0.5) is 5.69 Å². The average Bonchev–Trinajstić information content (AvgIpc) is 3.33. The maximum atomic E-state index is 13.5. The first kappa shape index (κ1) is 24.5. The molecule has 10 nitrogen and oxygen atoms in total. The number of carbonyl (C=O) groups excluding carboxylic acids is 4. The summed E-state index contributed by atoms with van der Waals surface area (Å²) in [6, 6.07) is 2.42. The molecule has 0 bridgehead atoms. The van der Waals surface area contributed by atoms with Gasteiger partial charge in [-0.05, 0) is 48.9 Å². The van der Waals surface area contributed by atoms with E-state index in [1.807, 2.05) is 20.8 Å². The summed E-state index contributed by atoms with van der Waals surface area (Å²) in [6.07, 6.45) is -0.474. The molecular weight excluding hydrogens is 428 g/mol. The molecule has 2 aliphatic heterocycles. The molecule has 2 fully saturated rings. The quantitative estimate of drug-likeness (QED) is 0.368. The van der Waals surface area contributed by atoms with Crippen molar-refractivity contribution in [1.29, 1.82) is 0 Å². The number of rotatable bonds is 5. The highest BCUT2D eigenvalue weighted by atomic mass is 16.6. The van der Waals surface area contributed by atoms with Gasteiger partial charge in [0.25, 0.3) is 5.91 Å². The van der Waals surface area contributed by atoms with Crippen molar-refractivity contribution in [2.24, 2.45) is 5.41 Å². The largest absolute Gasteiger partial charge is 0.434 e. The Labute approximate surface area is 192 Å². The molecule has 0 aliphatic carbocycles. The number of ether oxygens (including phenoxy) is 1. The molecule has 1 aromatic carbocycles. The van der Waals surface area contributed by atoms with E-state index in [0.717, 1.165) is 5.56 Å². The van der Waals surface area contributed by atoms with Crippen molar-refractivity contribution in [3.63, 3.8) is 0 Å². The maximum absolute atomic E-state index is 13.5. The fraction of sp³-hybridized carbons (Fsp3) is 0.565. The zero-order valence-corrected chi connectivity index (χ0v) is 19.4. The summed E-state index contributed by atoms with van der Waals surface area (Å²) in [6.45, 7) is 7.68. The monoisotopic (exact) mass is 460 g/mol. The molecule has 33 heavy (non-hydrogen) atoms. The number of carbonyl (C=O) groups is 4. The molecule has 0 saturated carbocycles. The number of cyclic esters (lactones) is 1. The fourth-order valence-electron chi connectivity index (χ4n) is 4.10. The molecule has 1 unspecified atom stereocenters. The summed E-state index contributed by atoms with van der Waals surface area (Å²) in [5.74, 6) is -1.83. The van der Waals surface area contributed by atoms with Gasteiger partial charge in [0, 0.05) is 17.8 Å². The summed E-state index contributed by atoms with van der Waals surface area (Å²) >= 11 is 0. The SMILES string of the molecule is Cc1cc(C(=O)N[C@H](C(=O)N2CCC[C@H]2C(=O)N[C@H]2CC(=O)OC2O)C(C)(C)C)ccc1N. The van der Waals surface area contributed by atoms with Crippen LogP contribution in [0.3, 0.4) is 0 Å². The highest BCUT2D eigenvalue weighted by Crippen LogP contribution is 2.27. The van der Waals surface area contributed by atoms with Gasteiger partial charge in [0.2, 0.25) is 18.1 Å². The summed E-state index contributed by atoms with van der Waals surface area (Å²) in [5.41, 5.74) is 6.93. The van der Waals surface area contributed by atoms with Crippen molar-refractivity contribution >= 4 is 29.4 Å². The minimum Gasteiger partial charge on any atom is -0.434 e. The molecule has 0 radical (unpaired) electrons. The molecule has 5 N–H and O–H groups in total. The van der Waals surface area contributed by atoms with E-state index in [1.165, 1.54) is 4.90 Å². The Hall–Kier alpha value is -3.14. The van der Waals surface area contributed by atoms with Gasteiger partial charge in [-0.1, -0.05) is 20.8 Å². The second-order valence-corrected chi connectivity index (χ2v) is 9.73. The van der Waals surface area contributed by atoms with E-state index in [4.69, 9.17) is 5.73 Å². The number of likely N-dealkylation sites (tertiary alicyclic amines) is 1. The average molecular weight is 461 g/mol. The van der Waals surface area contributed by atoms with Crippen LogP contribution >= 0.6 is 0 Å². The third-order valence-electron chi connectivity index (χ3n) is 6.07. The van der Waals surface area contributed by atoms with Gasteiger partial charge >= 0.3 is 5.97 Å². The Bertz CT molecular complexity index is 957. The Balaban J connectivity index is 1.75. The molecule has 3 rings (SSSR count). The van der Waals surface area contributed by atoms with Crippen molar-refractivity contribution in [2.45, 2.75) is 71.4 Å². The second-order valence-electron chi connectivity index (χ2n) is 9.73. The number of aliphatic hydroxyl groups is 1. The normalized spacial score (nSPS) is 23.7. The highest BCUT2D eigenvalue weighted by molar-refractivity contribution is 5.99. The molecule has 180 valence electrons. The number of nitrogens with zero attached hydrogens (tertiary/aromatic N) is 1. The molecule has 2 heterocycles. The van der Waals surface area contributed by atoms with E-state index in [1.54, 1.807) is 25.1 Å². The molecule has 10 heteroatoms. The van der Waals surface area contributed by atoms with E-state index in [9.17, 15) is 24.3 Å². The van der Waals surface area contributed by atoms with Crippen molar-refractivity contribution < 1.29 is 29.0 Å². The van der Waals surface area contributed by atoms with Crippen LogP contribution in [0.15, 0.2) is 18.2 Å². The Kier molecular flexibility index (Phi) is 6.97. The van der Waals surface area contributed by atoms with Crippen LogP contribution in [0.25, 0.3) is 0 Å². The van der Waals surface area contributed by atoms with Gasteiger partial charge in [0.15, 0.2) is 0 Å². The van der Waals surface area contributed by atoms with Crippen LogP contribution in [0.5, 0.6) is 0 Å². The maximum Gasteiger partial charge on any atom is 0.310 e. The van der Waals surface area contributed by atoms with E-state index < -0.39 is 47.6 Å². The smallest absolute Gasteiger partial charge is 0.310 e. The zero-order valence-electron chi connectivity index (χ0n) is 19.4. The third-order valence-corrected chi connectivity index (χ3v) is 6.07. The molecule has 0 aromatic heterocycles. The number of aliphatic hydroxyl groups excluding tert-OH is 1. The van der Waals surface area contributed by atoms with Gasteiger partial charge in [0.05, 0.1) is 6.42 Å². The Morgan fingerprint density at radius 3 is 2.55 bits per heavy atom. The van der Waals surface area contributed by atoms with Gasteiger partial charge in [-0.2, -0.15) is 0 Å². The number of nitrogens with two attached hydrogens (primary N) is 1. The minimum atomic E-state index is -1.41. The predicted molar refractivity (Wildman–Crippen MR) is 120 cm³/mol. The van der Waals surface area contributed by atoms with Crippen molar-refractivity contribution in [2.75, 3.05) is 12.3 Å². The van der Waals surface area contributed by atoms with Gasteiger partial charge in [-0.25, -0.2) is 0 Å². The number of esters is 1. The zero-order chi connectivity index (χ0) is 24.5. The first-order valence-corrected chi connectivity index (χ1v) is 11.0. The summed E-state index contributed by atoms with van der Waals surface area (Å²) in [7, 11) is 0. The Morgan fingerprint density at radius 1 is 1.27 bits per heavy atom. The van der Waals surface area contributed by atoms with Gasteiger partial charge in [-0.15, -0.1) is 0 Å². The van der Waals surface area contributed by atoms with E-state index >= 15 is 0 Å². The topological polar surface area (TPSA) is 151 Å². The Morgan fingerprint density at radius 2 is 1.97 bits per heavy atom. The fourth-order valence-corrected chi connectivity index (χ4v) is 4.10. The van der Waals surface area contributed by atoms with Crippen molar-refractivity contribution in [3.05, 3.63) is 29.3 Å².